The number of hydrogen-bond donors (Lipinski definition) is 3. The second-order valence-electron chi connectivity index (χ2n) is 5.80. The average molecular weight is 564 g/mol. The third-order valence-corrected chi connectivity index (χ3v) is 5.59. The molecule has 0 unspecified atom stereocenters. The van der Waals surface area contributed by atoms with Crippen molar-refractivity contribution in [3.8, 4) is 0 Å². The zero-order chi connectivity index (χ0) is 19.5. The number of carbonyl (C=O) groups excluding carboxylic acids is 1. The fourth-order valence-electron chi connectivity index (χ4n) is 2.73. The van der Waals surface area contributed by atoms with Crippen LogP contribution >= 0.6 is 0 Å². The van der Waals surface area contributed by atoms with E-state index in [1.54, 1.807) is 0 Å². The minimum absolute atomic E-state index is 0.0657. The van der Waals surface area contributed by atoms with Crippen LogP contribution in [0.3, 0.4) is 0 Å². The number of ether oxygens (including phenoxy) is 1. The summed E-state index contributed by atoms with van der Waals surface area (Å²) in [5, 5.41) is 3.41. The van der Waals surface area contributed by atoms with E-state index in [4.69, 9.17) is 8.28 Å². The van der Waals surface area contributed by atoms with E-state index in [0.717, 1.165) is 37.6 Å². The molecular formula is C20H28N4O2Pb. The Balaban J connectivity index is 0.00000126. The first-order chi connectivity index (χ1) is 13.3. The molecule has 6 nitrogen and oxygen atoms in total. The van der Waals surface area contributed by atoms with E-state index in [2.05, 4.69) is 37.6 Å². The molecule has 0 spiro atoms. The second kappa shape index (κ2) is 11.9. The molecule has 4 N–H and O–H groups in total. The molecular weight excluding hydrogens is 535 g/mol. The van der Waals surface area contributed by atoms with Crippen LogP contribution in [0, 0.1) is 0 Å². The van der Waals surface area contributed by atoms with Gasteiger partial charge < -0.3 is 9.64 Å². The number of hydrogen-bond acceptors (Lipinski definition) is 5. The molecule has 2 aromatic rings. The van der Waals surface area contributed by atoms with E-state index in [9.17, 15) is 4.79 Å². The molecule has 1 heterocycles. The van der Waals surface area contributed by atoms with Gasteiger partial charge in [-0.15, -0.1) is 0 Å². The van der Waals surface area contributed by atoms with Crippen LogP contribution in [-0.4, -0.2) is 57.0 Å². The molecule has 3 rings (SSSR count). The summed E-state index contributed by atoms with van der Waals surface area (Å²) in [5.74, 6) is -0.0657. The Morgan fingerprint density at radius 1 is 1.07 bits per heavy atom. The number of nitrogens with two attached hydrogens (primary N) is 1. The monoisotopic (exact) mass is 564 g/mol. The summed E-state index contributed by atoms with van der Waals surface area (Å²) in [5.41, 5.74) is 4.10. The number of rotatable bonds is 6. The van der Waals surface area contributed by atoms with Crippen molar-refractivity contribution in [2.75, 3.05) is 36.5 Å². The molecule has 144 valence electrons. The van der Waals surface area contributed by atoms with E-state index < -0.39 is 24.8 Å². The van der Waals surface area contributed by atoms with E-state index in [1.807, 2.05) is 38.1 Å². The molecule has 1 saturated heterocycles. The van der Waals surface area contributed by atoms with Crippen molar-refractivity contribution in [3.63, 3.8) is 0 Å². The second-order valence-corrected chi connectivity index (χ2v) is 7.89. The van der Waals surface area contributed by atoms with Crippen LogP contribution in [0.1, 0.15) is 29.8 Å². The molecule has 1 amide bonds. The van der Waals surface area contributed by atoms with Crippen LogP contribution in [0.4, 0.5) is 11.4 Å². The van der Waals surface area contributed by atoms with Crippen LogP contribution in [0.5, 0.6) is 0 Å². The molecule has 0 aromatic heterocycles. The number of anilines is 2. The molecule has 0 bridgehead atoms. The van der Waals surface area contributed by atoms with E-state index in [1.165, 1.54) is 5.69 Å². The Kier molecular flexibility index (Phi) is 9.57. The third-order valence-electron chi connectivity index (χ3n) is 4.14. The topological polar surface area (TPSA) is 79.6 Å². The number of carbonyl (C=O) groups is 1. The van der Waals surface area contributed by atoms with Gasteiger partial charge in [0.05, 0.1) is 13.2 Å². The molecule has 1 aliphatic heterocycles. The fourth-order valence-corrected chi connectivity index (χ4v) is 3.80. The van der Waals surface area contributed by atoms with Crippen molar-refractivity contribution >= 4 is 42.1 Å². The number of nitrogens with one attached hydrogen (secondary N) is 2. The van der Waals surface area contributed by atoms with Crippen LogP contribution in [0.25, 0.3) is 0 Å². The van der Waals surface area contributed by atoms with Crippen LogP contribution < -0.4 is 16.9 Å². The van der Waals surface area contributed by atoms with Gasteiger partial charge in [0.15, 0.2) is 0 Å². The predicted octanol–water partition coefficient (Wildman–Crippen LogP) is 2.38. The molecule has 7 heteroatoms. The molecule has 0 atom stereocenters. The Morgan fingerprint density at radius 3 is 2.30 bits per heavy atom. The van der Waals surface area contributed by atoms with Gasteiger partial charge in [-0.2, -0.15) is 0 Å². The summed E-state index contributed by atoms with van der Waals surface area (Å²) in [6.45, 7) is 8.19. The third kappa shape index (κ3) is 6.78. The van der Waals surface area contributed by atoms with Crippen LogP contribution in [0.2, 0.25) is 0 Å². The maximum atomic E-state index is 11.7. The van der Waals surface area contributed by atoms with Gasteiger partial charge in [-0.1, -0.05) is 13.8 Å². The van der Waals surface area contributed by atoms with E-state index in [-0.39, 0.29) is 5.91 Å². The fraction of sp³-hybridized carbons (Fsp3) is 0.350. The zero-order valence-corrected chi connectivity index (χ0v) is 19.9. The Bertz CT molecular complexity index is 686. The first-order valence-electron chi connectivity index (χ1n) is 9.28. The first-order valence-corrected chi connectivity index (χ1v) is 13.5. The van der Waals surface area contributed by atoms with Gasteiger partial charge in [-0.25, -0.2) is 0 Å². The number of benzene rings is 2. The van der Waals surface area contributed by atoms with Crippen molar-refractivity contribution < 1.29 is 9.53 Å². The quantitative estimate of drug-likeness (QED) is 0.471. The molecule has 1 aliphatic rings. The summed E-state index contributed by atoms with van der Waals surface area (Å²) < 4.78 is 13.7. The van der Waals surface area contributed by atoms with E-state index in [0.29, 0.717) is 12.1 Å². The Hall–Kier alpha value is -1.65. The van der Waals surface area contributed by atoms with Crippen molar-refractivity contribution in [3.05, 3.63) is 59.7 Å². The van der Waals surface area contributed by atoms with Gasteiger partial charge in [0.1, 0.15) is 0 Å². The summed E-state index contributed by atoms with van der Waals surface area (Å²) in [6.07, 6.45) is 0. The van der Waals surface area contributed by atoms with Gasteiger partial charge in [-0.05, 0) is 0 Å². The minimum atomic E-state index is -1.41. The van der Waals surface area contributed by atoms with Crippen molar-refractivity contribution in [2.45, 2.75) is 20.4 Å². The summed E-state index contributed by atoms with van der Waals surface area (Å²) >= 11 is -1.41. The normalized spacial score (nSPS) is 13.4. The van der Waals surface area contributed by atoms with Gasteiger partial charge in [0.25, 0.3) is 0 Å². The standard InChI is InChI=1S/C18H21N3O2.C2H6.H2N.Pb/c19-18(22)15-3-1-14(2-4-15)13-20-16-5-7-17(8-6-16)21-9-11-23-12-10-21;1-2;;/h1-8,20H,9-13H2,(H2,19,22);1-2H3;1H2;/q;;-1;+2/p-1. The number of nitrogens with zero attached hydrogens (tertiary/aromatic N) is 1. The average Bonchev–Trinajstić information content (AvgIpc) is 2.75. The Labute approximate surface area is 174 Å². The van der Waals surface area contributed by atoms with Crippen LogP contribution in [0.15, 0.2) is 48.5 Å². The molecule has 0 saturated carbocycles. The molecule has 2 radical (unpaired) electrons. The van der Waals surface area contributed by atoms with Crippen molar-refractivity contribution in [1.82, 2.24) is 3.13 Å². The van der Waals surface area contributed by atoms with E-state index >= 15 is 0 Å². The molecule has 1 fully saturated rings. The predicted molar refractivity (Wildman–Crippen MR) is 112 cm³/mol. The molecule has 2 aromatic carbocycles. The van der Waals surface area contributed by atoms with Crippen molar-refractivity contribution in [2.24, 2.45) is 3.54 Å². The molecule has 0 aliphatic carbocycles. The zero-order valence-electron chi connectivity index (χ0n) is 16.0. The van der Waals surface area contributed by atoms with Gasteiger partial charge in [0, 0.05) is 13.1 Å². The SMILES string of the molecule is CC.[NH2][Pb][NH]C(=O)c1ccc(CNc2ccc(N3CCOCC3)cc2)cc1. The summed E-state index contributed by atoms with van der Waals surface area (Å²) in [6, 6.07) is 16.1. The Morgan fingerprint density at radius 2 is 1.70 bits per heavy atom. The summed E-state index contributed by atoms with van der Waals surface area (Å²) in [7, 11) is 0. The molecule has 27 heavy (non-hydrogen) atoms. The number of amides is 1. The van der Waals surface area contributed by atoms with Gasteiger partial charge in [-0.3, -0.25) is 0 Å². The van der Waals surface area contributed by atoms with Crippen molar-refractivity contribution in [1.29, 1.82) is 0 Å². The van der Waals surface area contributed by atoms with Crippen LogP contribution in [-0.2, 0) is 11.3 Å². The summed E-state index contributed by atoms with van der Waals surface area (Å²) in [4.78, 5) is 14.1. The maximum absolute atomic E-state index is 11.7. The van der Waals surface area contributed by atoms with Gasteiger partial charge >= 0.3 is 125 Å². The van der Waals surface area contributed by atoms with Gasteiger partial charge in [0.2, 0.25) is 0 Å². The first kappa shape index (κ1) is 21.6. The number of morpholine rings is 1.